The molecule has 0 amide bonds. The monoisotopic (exact) mass is 307 g/mol. The van der Waals surface area contributed by atoms with Gasteiger partial charge in [-0.3, -0.25) is 0 Å². The van der Waals surface area contributed by atoms with Gasteiger partial charge in [-0.15, -0.1) is 11.3 Å². The topological polar surface area (TPSA) is 12.0 Å². The molecule has 1 heterocycles. The van der Waals surface area contributed by atoms with Gasteiger partial charge in [0.25, 0.3) is 0 Å². The van der Waals surface area contributed by atoms with Crippen molar-refractivity contribution >= 4 is 27.1 Å². The van der Waals surface area contributed by atoms with Gasteiger partial charge in [0.15, 0.2) is 0 Å². The molecule has 108 valence electrons. The molecule has 0 aliphatic heterocycles. The van der Waals surface area contributed by atoms with Crippen LogP contribution in [0.4, 0.5) is 18.9 Å². The van der Waals surface area contributed by atoms with Crippen LogP contribution in [0, 0.1) is 0 Å². The van der Waals surface area contributed by atoms with Crippen LogP contribution in [0.5, 0.6) is 0 Å². The van der Waals surface area contributed by atoms with E-state index >= 15 is 0 Å². The second-order valence-electron chi connectivity index (χ2n) is 4.65. The lowest BCUT2D eigenvalue weighted by Crippen LogP contribution is -2.10. The minimum absolute atomic E-state index is 0.111. The van der Waals surface area contributed by atoms with Crippen LogP contribution in [-0.4, -0.2) is 0 Å². The molecule has 3 aromatic rings. The average molecular weight is 307 g/mol. The molecule has 0 saturated heterocycles. The smallest absolute Gasteiger partial charge is 0.380 e. The highest BCUT2D eigenvalue weighted by molar-refractivity contribution is 7.17. The summed E-state index contributed by atoms with van der Waals surface area (Å²) in [6, 6.07) is 13.4. The van der Waals surface area contributed by atoms with E-state index in [2.05, 4.69) is 5.32 Å². The fourth-order valence-electron chi connectivity index (χ4n) is 2.24. The number of rotatable bonds is 3. The van der Waals surface area contributed by atoms with Crippen LogP contribution < -0.4 is 5.32 Å². The predicted octanol–water partition coefficient (Wildman–Crippen LogP) is 5.53. The first-order chi connectivity index (χ1) is 10.1. The number of fused-ring (bicyclic) bond motifs is 1. The van der Waals surface area contributed by atoms with Crippen molar-refractivity contribution in [2.75, 3.05) is 5.32 Å². The lowest BCUT2D eigenvalue weighted by molar-refractivity contribution is -0.136. The van der Waals surface area contributed by atoms with E-state index in [1.807, 2.05) is 29.6 Å². The van der Waals surface area contributed by atoms with Gasteiger partial charge in [-0.05, 0) is 34.5 Å². The van der Waals surface area contributed by atoms with Crippen molar-refractivity contribution in [1.29, 1.82) is 0 Å². The van der Waals surface area contributed by atoms with Crippen molar-refractivity contribution in [2.24, 2.45) is 0 Å². The number of benzene rings is 2. The minimum atomic E-state index is -4.35. The normalized spacial score (nSPS) is 11.8. The first kappa shape index (κ1) is 13.9. The van der Waals surface area contributed by atoms with Gasteiger partial charge >= 0.3 is 6.18 Å². The van der Waals surface area contributed by atoms with Crippen LogP contribution in [0.2, 0.25) is 0 Å². The molecule has 5 heteroatoms. The molecule has 0 spiro atoms. The Morgan fingerprint density at radius 1 is 0.952 bits per heavy atom. The summed E-state index contributed by atoms with van der Waals surface area (Å²) in [4.78, 5) is 0. The van der Waals surface area contributed by atoms with Crippen LogP contribution in [0.15, 0.2) is 53.9 Å². The molecule has 1 N–H and O–H groups in total. The van der Waals surface area contributed by atoms with Gasteiger partial charge in [0.2, 0.25) is 0 Å². The first-order valence-electron chi connectivity index (χ1n) is 6.41. The van der Waals surface area contributed by atoms with Gasteiger partial charge in [-0.25, -0.2) is 0 Å². The Balaban J connectivity index is 1.86. The maximum atomic E-state index is 12.9. The molecule has 0 aliphatic rings. The lowest BCUT2D eigenvalue weighted by Gasteiger charge is -2.14. The summed E-state index contributed by atoms with van der Waals surface area (Å²) in [5.41, 5.74) is 0.484. The number of halogens is 3. The maximum absolute atomic E-state index is 12.9. The molecule has 1 nitrogen and oxygen atoms in total. The zero-order valence-corrected chi connectivity index (χ0v) is 11.8. The molecule has 2 aromatic carbocycles. The molecule has 0 fully saturated rings. The zero-order valence-electron chi connectivity index (χ0n) is 10.9. The number of anilines is 1. The SMILES string of the molecule is FC(F)(F)c1ccccc1NCc1csc2ccccc12. The fraction of sp³-hybridized carbons (Fsp3) is 0.125. The van der Waals surface area contributed by atoms with Crippen molar-refractivity contribution in [3.05, 3.63) is 65.0 Å². The molecule has 0 unspecified atom stereocenters. The summed E-state index contributed by atoms with van der Waals surface area (Å²) in [6.45, 7) is 0.372. The first-order valence-corrected chi connectivity index (χ1v) is 7.29. The lowest BCUT2D eigenvalue weighted by atomic mass is 10.1. The Kier molecular flexibility index (Phi) is 3.59. The average Bonchev–Trinajstić information content (AvgIpc) is 2.88. The second kappa shape index (κ2) is 5.41. The number of thiophene rings is 1. The van der Waals surface area contributed by atoms with E-state index < -0.39 is 11.7 Å². The highest BCUT2D eigenvalue weighted by Gasteiger charge is 2.33. The fourth-order valence-corrected chi connectivity index (χ4v) is 3.21. The largest absolute Gasteiger partial charge is 0.418 e. The van der Waals surface area contributed by atoms with Crippen molar-refractivity contribution in [2.45, 2.75) is 12.7 Å². The maximum Gasteiger partial charge on any atom is 0.418 e. The molecule has 0 aliphatic carbocycles. The Labute approximate surface area is 124 Å². The number of hydrogen-bond donors (Lipinski definition) is 1. The van der Waals surface area contributed by atoms with E-state index in [4.69, 9.17) is 0 Å². The quantitative estimate of drug-likeness (QED) is 0.670. The molecular weight excluding hydrogens is 295 g/mol. The Hall–Kier alpha value is -2.01. The van der Waals surface area contributed by atoms with Crippen LogP contribution in [0.3, 0.4) is 0 Å². The van der Waals surface area contributed by atoms with Crippen LogP contribution in [-0.2, 0) is 12.7 Å². The zero-order chi connectivity index (χ0) is 14.9. The summed E-state index contributed by atoms with van der Waals surface area (Å²) in [5, 5.41) is 5.96. The summed E-state index contributed by atoms with van der Waals surface area (Å²) >= 11 is 1.60. The molecule has 0 radical (unpaired) electrons. The van der Waals surface area contributed by atoms with Gasteiger partial charge in [0.05, 0.1) is 5.56 Å². The molecular formula is C16H12F3NS. The number of alkyl halides is 3. The molecule has 21 heavy (non-hydrogen) atoms. The molecule has 3 rings (SSSR count). The highest BCUT2D eigenvalue weighted by atomic mass is 32.1. The third-order valence-corrected chi connectivity index (χ3v) is 4.28. The summed E-state index contributed by atoms with van der Waals surface area (Å²) in [5.74, 6) is 0. The van der Waals surface area contributed by atoms with Crippen molar-refractivity contribution in [3.63, 3.8) is 0 Å². The van der Waals surface area contributed by atoms with E-state index in [-0.39, 0.29) is 5.69 Å². The number of para-hydroxylation sites is 1. The summed E-state index contributed by atoms with van der Waals surface area (Å²) in [6.07, 6.45) is -4.35. The van der Waals surface area contributed by atoms with Crippen LogP contribution >= 0.6 is 11.3 Å². The Morgan fingerprint density at radius 3 is 2.48 bits per heavy atom. The third kappa shape index (κ3) is 2.88. The van der Waals surface area contributed by atoms with Gasteiger partial charge in [-0.2, -0.15) is 13.2 Å². The van der Waals surface area contributed by atoms with E-state index in [1.54, 1.807) is 17.4 Å². The molecule has 0 atom stereocenters. The van der Waals surface area contributed by atoms with E-state index in [1.165, 1.54) is 12.1 Å². The summed E-state index contributed by atoms with van der Waals surface area (Å²) in [7, 11) is 0. The van der Waals surface area contributed by atoms with Gasteiger partial charge in [0.1, 0.15) is 0 Å². The van der Waals surface area contributed by atoms with Gasteiger partial charge in [0, 0.05) is 16.9 Å². The number of hydrogen-bond acceptors (Lipinski definition) is 2. The minimum Gasteiger partial charge on any atom is -0.380 e. The third-order valence-electron chi connectivity index (χ3n) is 3.26. The van der Waals surface area contributed by atoms with Crippen LogP contribution in [0.1, 0.15) is 11.1 Å². The predicted molar refractivity (Wildman–Crippen MR) is 80.6 cm³/mol. The Bertz CT molecular complexity index is 761. The Morgan fingerprint density at radius 2 is 1.67 bits per heavy atom. The van der Waals surface area contributed by atoms with Crippen LogP contribution in [0.25, 0.3) is 10.1 Å². The van der Waals surface area contributed by atoms with Crippen molar-refractivity contribution < 1.29 is 13.2 Å². The molecule has 1 aromatic heterocycles. The second-order valence-corrected chi connectivity index (χ2v) is 5.57. The van der Waals surface area contributed by atoms with Crippen molar-refractivity contribution in [1.82, 2.24) is 0 Å². The summed E-state index contributed by atoms with van der Waals surface area (Å²) < 4.78 is 39.9. The van der Waals surface area contributed by atoms with Gasteiger partial charge < -0.3 is 5.32 Å². The molecule has 0 saturated carbocycles. The van der Waals surface area contributed by atoms with Gasteiger partial charge in [-0.1, -0.05) is 30.3 Å². The standard InChI is InChI=1S/C16H12F3NS/c17-16(18,19)13-6-2-3-7-14(13)20-9-11-10-21-15-8-4-1-5-12(11)15/h1-8,10,20H,9H2. The highest BCUT2D eigenvalue weighted by Crippen LogP contribution is 2.35. The van der Waals surface area contributed by atoms with E-state index in [0.29, 0.717) is 6.54 Å². The number of nitrogens with one attached hydrogen (secondary N) is 1. The van der Waals surface area contributed by atoms with Crippen molar-refractivity contribution in [3.8, 4) is 0 Å². The molecule has 0 bridgehead atoms. The van der Waals surface area contributed by atoms with E-state index in [0.717, 1.165) is 21.7 Å². The van der Waals surface area contributed by atoms with E-state index in [9.17, 15) is 13.2 Å².